The maximum Gasteiger partial charge on any atom is 0.157 e. The first-order valence-electron chi connectivity index (χ1n) is 8.34. The number of hydroxylamine groups is 1. The third kappa shape index (κ3) is 3.91. The molecule has 3 rings (SSSR count). The summed E-state index contributed by atoms with van der Waals surface area (Å²) in [6, 6.07) is 2.44. The summed E-state index contributed by atoms with van der Waals surface area (Å²) in [6.07, 6.45) is 5.16. The Hall–Kier alpha value is -1.44. The molecular formula is C16H27N5O2. The fourth-order valence-corrected chi connectivity index (χ4v) is 3.33. The molecular weight excluding hydrogens is 294 g/mol. The van der Waals surface area contributed by atoms with Gasteiger partial charge >= 0.3 is 0 Å². The van der Waals surface area contributed by atoms with Crippen LogP contribution in [-0.2, 0) is 9.57 Å². The van der Waals surface area contributed by atoms with Gasteiger partial charge in [0.2, 0.25) is 0 Å². The lowest BCUT2D eigenvalue weighted by Gasteiger charge is -2.30. The summed E-state index contributed by atoms with van der Waals surface area (Å²) < 4.78 is 5.58. The van der Waals surface area contributed by atoms with Gasteiger partial charge in [0.25, 0.3) is 0 Å². The van der Waals surface area contributed by atoms with Crippen LogP contribution in [0, 0.1) is 0 Å². The molecule has 0 aromatic carbocycles. The van der Waals surface area contributed by atoms with Gasteiger partial charge in [-0.05, 0) is 33.4 Å². The van der Waals surface area contributed by atoms with E-state index in [-0.39, 0.29) is 6.10 Å². The Morgan fingerprint density at radius 3 is 2.83 bits per heavy atom. The molecule has 0 unspecified atom stereocenters. The molecule has 2 aliphatic rings. The predicted octanol–water partition coefficient (Wildman–Crippen LogP) is 1.16. The summed E-state index contributed by atoms with van der Waals surface area (Å²) >= 11 is 0. The molecule has 0 N–H and O–H groups in total. The molecule has 0 spiro atoms. The highest BCUT2D eigenvalue weighted by molar-refractivity contribution is 5.50. The molecule has 7 nitrogen and oxygen atoms in total. The van der Waals surface area contributed by atoms with Gasteiger partial charge in [-0.3, -0.25) is 4.84 Å². The van der Waals surface area contributed by atoms with Crippen molar-refractivity contribution < 1.29 is 9.57 Å². The number of hydrogen-bond acceptors (Lipinski definition) is 7. The number of ether oxygens (including phenoxy) is 1. The highest BCUT2D eigenvalue weighted by Crippen LogP contribution is 2.28. The van der Waals surface area contributed by atoms with Gasteiger partial charge in [0.1, 0.15) is 12.1 Å². The molecule has 0 aliphatic carbocycles. The van der Waals surface area contributed by atoms with Gasteiger partial charge in [-0.25, -0.2) is 15.0 Å². The highest BCUT2D eigenvalue weighted by Gasteiger charge is 2.33. The molecule has 2 saturated heterocycles. The molecule has 2 fully saturated rings. The third-order valence-electron chi connectivity index (χ3n) is 4.48. The van der Waals surface area contributed by atoms with Crippen LogP contribution in [0.2, 0.25) is 0 Å². The van der Waals surface area contributed by atoms with E-state index < -0.39 is 0 Å². The number of nitrogens with zero attached hydrogens (tertiary/aromatic N) is 5. The van der Waals surface area contributed by atoms with E-state index in [9.17, 15) is 0 Å². The molecule has 1 aromatic heterocycles. The van der Waals surface area contributed by atoms with Gasteiger partial charge in [-0.2, -0.15) is 0 Å². The monoisotopic (exact) mass is 321 g/mol. The minimum Gasteiger partial charge on any atom is -0.380 e. The average molecular weight is 321 g/mol. The summed E-state index contributed by atoms with van der Waals surface area (Å²) in [6.45, 7) is 3.50. The van der Waals surface area contributed by atoms with Crippen molar-refractivity contribution in [1.82, 2.24) is 14.9 Å². The van der Waals surface area contributed by atoms with Crippen LogP contribution in [-0.4, -0.2) is 74.5 Å². The Labute approximate surface area is 138 Å². The number of methoxy groups -OCH3 is 1. The second-order valence-electron chi connectivity index (χ2n) is 6.54. The van der Waals surface area contributed by atoms with Gasteiger partial charge in [0.05, 0.1) is 12.7 Å². The average Bonchev–Trinajstić information content (AvgIpc) is 2.98. The summed E-state index contributed by atoms with van der Waals surface area (Å²) in [7, 11) is 5.99. The zero-order chi connectivity index (χ0) is 16.2. The maximum absolute atomic E-state index is 5.71. The molecule has 3 heterocycles. The molecule has 0 radical (unpaired) electrons. The van der Waals surface area contributed by atoms with E-state index in [1.807, 2.05) is 11.1 Å². The second kappa shape index (κ2) is 7.42. The molecule has 0 amide bonds. The third-order valence-corrected chi connectivity index (χ3v) is 4.48. The van der Waals surface area contributed by atoms with Gasteiger partial charge < -0.3 is 14.5 Å². The standard InChI is InChI=1S/C16H27N5O2/c1-19(2)10-13-8-14(22-3)11-20(13)15-9-16(18-12-17-15)21-6-4-5-7-23-21/h9,12-14H,4-8,10-11H2,1-3H3/t13-,14-/m0/s1. The quantitative estimate of drug-likeness (QED) is 0.807. The number of anilines is 2. The van der Waals surface area contributed by atoms with E-state index in [1.54, 1.807) is 13.4 Å². The van der Waals surface area contributed by atoms with Crippen LogP contribution >= 0.6 is 0 Å². The minimum absolute atomic E-state index is 0.254. The summed E-state index contributed by atoms with van der Waals surface area (Å²) in [5, 5.41) is 1.89. The van der Waals surface area contributed by atoms with Crippen molar-refractivity contribution >= 4 is 11.6 Å². The van der Waals surface area contributed by atoms with Crippen molar-refractivity contribution in [2.45, 2.75) is 31.4 Å². The van der Waals surface area contributed by atoms with E-state index in [1.165, 1.54) is 0 Å². The van der Waals surface area contributed by atoms with Crippen molar-refractivity contribution in [2.75, 3.05) is 57.4 Å². The van der Waals surface area contributed by atoms with E-state index >= 15 is 0 Å². The SMILES string of the molecule is CO[C@H]1C[C@@H](CN(C)C)N(c2cc(N3CCCCO3)ncn2)C1. The first-order chi connectivity index (χ1) is 11.2. The highest BCUT2D eigenvalue weighted by atomic mass is 16.7. The van der Waals surface area contributed by atoms with Crippen molar-refractivity contribution in [2.24, 2.45) is 0 Å². The molecule has 2 atom stereocenters. The summed E-state index contributed by atoms with van der Waals surface area (Å²) in [5.41, 5.74) is 0. The van der Waals surface area contributed by atoms with Crippen LogP contribution in [0.25, 0.3) is 0 Å². The van der Waals surface area contributed by atoms with Crippen LogP contribution < -0.4 is 9.96 Å². The summed E-state index contributed by atoms with van der Waals surface area (Å²) in [4.78, 5) is 19.1. The normalized spacial score (nSPS) is 25.4. The van der Waals surface area contributed by atoms with Gasteiger partial charge in [0.15, 0.2) is 5.82 Å². The second-order valence-corrected chi connectivity index (χ2v) is 6.54. The summed E-state index contributed by atoms with van der Waals surface area (Å²) in [5.74, 6) is 1.80. The molecule has 1 aromatic rings. The zero-order valence-electron chi connectivity index (χ0n) is 14.3. The number of hydrogen-bond donors (Lipinski definition) is 0. The lowest BCUT2D eigenvalue weighted by molar-refractivity contribution is 0.0761. The van der Waals surface area contributed by atoms with Crippen LogP contribution in [0.4, 0.5) is 11.6 Å². The molecule has 0 saturated carbocycles. The lowest BCUT2D eigenvalue weighted by atomic mass is 10.2. The first kappa shape index (κ1) is 16.4. The fourth-order valence-electron chi connectivity index (χ4n) is 3.33. The zero-order valence-corrected chi connectivity index (χ0v) is 14.3. The topological polar surface area (TPSA) is 54.0 Å². The Morgan fingerprint density at radius 1 is 1.30 bits per heavy atom. The first-order valence-corrected chi connectivity index (χ1v) is 8.34. The van der Waals surface area contributed by atoms with Crippen LogP contribution in [0.15, 0.2) is 12.4 Å². The number of aromatic nitrogens is 2. The fraction of sp³-hybridized carbons (Fsp3) is 0.750. The molecule has 23 heavy (non-hydrogen) atoms. The number of likely N-dealkylation sites (N-methyl/N-ethyl adjacent to an activating group) is 1. The van der Waals surface area contributed by atoms with Crippen molar-refractivity contribution in [3.63, 3.8) is 0 Å². The maximum atomic E-state index is 5.71. The van der Waals surface area contributed by atoms with Crippen LogP contribution in [0.3, 0.4) is 0 Å². The van der Waals surface area contributed by atoms with Gasteiger partial charge in [-0.15, -0.1) is 0 Å². The Morgan fingerprint density at radius 2 is 2.13 bits per heavy atom. The van der Waals surface area contributed by atoms with Crippen molar-refractivity contribution in [3.8, 4) is 0 Å². The van der Waals surface area contributed by atoms with E-state index in [0.29, 0.717) is 6.04 Å². The van der Waals surface area contributed by atoms with Gasteiger partial charge in [0, 0.05) is 38.9 Å². The largest absolute Gasteiger partial charge is 0.380 e. The van der Waals surface area contributed by atoms with E-state index in [0.717, 1.165) is 57.1 Å². The van der Waals surface area contributed by atoms with E-state index in [2.05, 4.69) is 33.9 Å². The van der Waals surface area contributed by atoms with Crippen LogP contribution in [0.5, 0.6) is 0 Å². The number of rotatable bonds is 5. The van der Waals surface area contributed by atoms with E-state index in [4.69, 9.17) is 9.57 Å². The Kier molecular flexibility index (Phi) is 5.30. The lowest BCUT2D eigenvalue weighted by Crippen LogP contribution is -2.38. The molecule has 128 valence electrons. The van der Waals surface area contributed by atoms with Crippen molar-refractivity contribution in [3.05, 3.63) is 12.4 Å². The van der Waals surface area contributed by atoms with Gasteiger partial charge in [-0.1, -0.05) is 0 Å². The molecule has 7 heteroatoms. The minimum atomic E-state index is 0.254. The van der Waals surface area contributed by atoms with Crippen LogP contribution in [0.1, 0.15) is 19.3 Å². The Bertz CT molecular complexity index is 507. The predicted molar refractivity (Wildman–Crippen MR) is 89.7 cm³/mol. The van der Waals surface area contributed by atoms with Crippen molar-refractivity contribution in [1.29, 1.82) is 0 Å². The molecule has 0 bridgehead atoms. The smallest absolute Gasteiger partial charge is 0.157 e. The molecule has 2 aliphatic heterocycles. The Balaban J connectivity index is 1.78.